The molecule has 0 aliphatic rings. The van der Waals surface area contributed by atoms with Crippen LogP contribution in [0.1, 0.15) is 22.8 Å². The summed E-state index contributed by atoms with van der Waals surface area (Å²) in [7, 11) is 1.55. The second-order valence-electron chi connectivity index (χ2n) is 5.14. The lowest BCUT2D eigenvalue weighted by Gasteiger charge is -2.11. The summed E-state index contributed by atoms with van der Waals surface area (Å²) in [6, 6.07) is 12.2. The van der Waals surface area contributed by atoms with Crippen LogP contribution in [0.2, 0.25) is 0 Å². The van der Waals surface area contributed by atoms with E-state index in [1.165, 1.54) is 0 Å². The number of methoxy groups -OCH3 is 1. The fourth-order valence-electron chi connectivity index (χ4n) is 2.00. The fourth-order valence-corrected chi connectivity index (χ4v) is 2.54. The number of rotatable bonds is 6. The van der Waals surface area contributed by atoms with Crippen molar-refractivity contribution < 1.29 is 19.1 Å². The molecule has 2 N–H and O–H groups in total. The standard InChI is InChI=1S/C18H19BrN2O4/c1-3-12-4-9-16(15(19)10-12)25-11-17(22)20-21-18(23)13-5-7-14(24-2)8-6-13/h4-10H,3,11H2,1-2H3,(H,20,22)(H,21,23). The van der Waals surface area contributed by atoms with Crippen molar-refractivity contribution >= 4 is 27.7 Å². The lowest BCUT2D eigenvalue weighted by molar-refractivity contribution is -0.123. The van der Waals surface area contributed by atoms with Gasteiger partial charge < -0.3 is 9.47 Å². The molecule has 132 valence electrons. The Kier molecular flexibility index (Phi) is 6.82. The van der Waals surface area contributed by atoms with E-state index in [0.717, 1.165) is 16.5 Å². The molecule has 2 aromatic carbocycles. The Labute approximate surface area is 154 Å². The quantitative estimate of drug-likeness (QED) is 0.723. The molecule has 0 spiro atoms. The lowest BCUT2D eigenvalue weighted by atomic mass is 10.2. The average Bonchev–Trinajstić information content (AvgIpc) is 2.65. The maximum Gasteiger partial charge on any atom is 0.276 e. The van der Waals surface area contributed by atoms with Crippen LogP contribution in [-0.2, 0) is 11.2 Å². The molecule has 0 saturated heterocycles. The van der Waals surface area contributed by atoms with E-state index in [2.05, 4.69) is 33.7 Å². The Morgan fingerprint density at radius 2 is 1.80 bits per heavy atom. The van der Waals surface area contributed by atoms with Gasteiger partial charge in [0.25, 0.3) is 11.8 Å². The number of hydrazine groups is 1. The van der Waals surface area contributed by atoms with Gasteiger partial charge >= 0.3 is 0 Å². The Balaban J connectivity index is 1.81. The third-order valence-electron chi connectivity index (χ3n) is 3.43. The largest absolute Gasteiger partial charge is 0.497 e. The average molecular weight is 407 g/mol. The molecule has 2 aromatic rings. The highest BCUT2D eigenvalue weighted by molar-refractivity contribution is 9.10. The molecule has 25 heavy (non-hydrogen) atoms. The minimum absolute atomic E-state index is 0.215. The summed E-state index contributed by atoms with van der Waals surface area (Å²) in [4.78, 5) is 23.7. The maximum absolute atomic E-state index is 11.9. The summed E-state index contributed by atoms with van der Waals surface area (Å²) in [6.07, 6.45) is 0.913. The molecule has 0 heterocycles. The molecule has 2 amide bonds. The summed E-state index contributed by atoms with van der Waals surface area (Å²) in [5, 5.41) is 0. The number of hydrogen-bond acceptors (Lipinski definition) is 4. The molecule has 0 aromatic heterocycles. The Hall–Kier alpha value is -2.54. The molecule has 0 fully saturated rings. The summed E-state index contributed by atoms with van der Waals surface area (Å²) < 4.78 is 11.2. The van der Waals surface area contributed by atoms with Crippen molar-refractivity contribution in [3.05, 3.63) is 58.1 Å². The van der Waals surface area contributed by atoms with Crippen molar-refractivity contribution in [3.8, 4) is 11.5 Å². The van der Waals surface area contributed by atoms with Gasteiger partial charge in [0, 0.05) is 5.56 Å². The van der Waals surface area contributed by atoms with Gasteiger partial charge in [-0.05, 0) is 64.3 Å². The van der Waals surface area contributed by atoms with Crippen LogP contribution in [0.5, 0.6) is 11.5 Å². The zero-order chi connectivity index (χ0) is 18.2. The number of carbonyl (C=O) groups is 2. The number of ether oxygens (including phenoxy) is 2. The molecule has 7 heteroatoms. The number of amides is 2. The van der Waals surface area contributed by atoms with E-state index in [-0.39, 0.29) is 6.61 Å². The molecule has 0 saturated carbocycles. The third kappa shape index (κ3) is 5.49. The first-order valence-electron chi connectivity index (χ1n) is 7.68. The highest BCUT2D eigenvalue weighted by Gasteiger charge is 2.09. The first-order valence-corrected chi connectivity index (χ1v) is 8.47. The van der Waals surface area contributed by atoms with E-state index in [4.69, 9.17) is 9.47 Å². The summed E-state index contributed by atoms with van der Waals surface area (Å²) in [5.74, 6) is 0.320. The van der Waals surface area contributed by atoms with Gasteiger partial charge in [0.15, 0.2) is 6.61 Å². The Morgan fingerprint density at radius 3 is 2.40 bits per heavy atom. The third-order valence-corrected chi connectivity index (χ3v) is 4.05. The molecule has 0 bridgehead atoms. The number of hydrogen-bond donors (Lipinski definition) is 2. The highest BCUT2D eigenvalue weighted by atomic mass is 79.9. The Morgan fingerprint density at radius 1 is 1.08 bits per heavy atom. The molecule has 0 aliphatic heterocycles. The number of nitrogens with one attached hydrogen (secondary N) is 2. The minimum atomic E-state index is -0.465. The summed E-state index contributed by atoms with van der Waals surface area (Å²) in [6.45, 7) is 1.84. The minimum Gasteiger partial charge on any atom is -0.497 e. The maximum atomic E-state index is 11.9. The van der Waals surface area contributed by atoms with Gasteiger partial charge in [-0.2, -0.15) is 0 Å². The van der Waals surface area contributed by atoms with Crippen LogP contribution in [0.25, 0.3) is 0 Å². The van der Waals surface area contributed by atoms with Gasteiger partial charge in [0.05, 0.1) is 11.6 Å². The van der Waals surface area contributed by atoms with Gasteiger partial charge in [-0.25, -0.2) is 0 Å². The van der Waals surface area contributed by atoms with E-state index < -0.39 is 11.8 Å². The molecular weight excluding hydrogens is 388 g/mol. The van der Waals surface area contributed by atoms with Crippen molar-refractivity contribution in [3.63, 3.8) is 0 Å². The topological polar surface area (TPSA) is 76.7 Å². The van der Waals surface area contributed by atoms with Gasteiger partial charge in [-0.1, -0.05) is 13.0 Å². The van der Waals surface area contributed by atoms with Crippen molar-refractivity contribution in [1.29, 1.82) is 0 Å². The van der Waals surface area contributed by atoms with Crippen LogP contribution in [0.15, 0.2) is 46.9 Å². The highest BCUT2D eigenvalue weighted by Crippen LogP contribution is 2.26. The summed E-state index contributed by atoms with van der Waals surface area (Å²) >= 11 is 3.41. The number of carbonyl (C=O) groups excluding carboxylic acids is 2. The van der Waals surface area contributed by atoms with Crippen molar-refractivity contribution in [2.75, 3.05) is 13.7 Å². The predicted molar refractivity (Wildman–Crippen MR) is 97.6 cm³/mol. The zero-order valence-electron chi connectivity index (χ0n) is 14.0. The smallest absolute Gasteiger partial charge is 0.276 e. The SMILES string of the molecule is CCc1ccc(OCC(=O)NNC(=O)c2ccc(OC)cc2)c(Br)c1. The van der Waals surface area contributed by atoms with Gasteiger partial charge in [0.2, 0.25) is 0 Å². The van der Waals surface area contributed by atoms with Gasteiger partial charge in [-0.3, -0.25) is 20.4 Å². The molecule has 6 nitrogen and oxygen atoms in total. The fraction of sp³-hybridized carbons (Fsp3) is 0.222. The van der Waals surface area contributed by atoms with Crippen LogP contribution < -0.4 is 20.3 Å². The summed E-state index contributed by atoms with van der Waals surface area (Å²) in [5.41, 5.74) is 6.21. The first-order chi connectivity index (χ1) is 12.0. The van der Waals surface area contributed by atoms with Crippen LogP contribution >= 0.6 is 15.9 Å². The molecular formula is C18H19BrN2O4. The van der Waals surface area contributed by atoms with Crippen molar-refractivity contribution in [1.82, 2.24) is 10.9 Å². The molecule has 0 atom stereocenters. The predicted octanol–water partition coefficient (Wildman–Crippen LogP) is 2.86. The second-order valence-corrected chi connectivity index (χ2v) is 5.99. The number of benzene rings is 2. The van der Waals surface area contributed by atoms with E-state index in [0.29, 0.717) is 17.1 Å². The second kappa shape index (κ2) is 9.08. The monoisotopic (exact) mass is 406 g/mol. The van der Waals surface area contributed by atoms with E-state index in [1.54, 1.807) is 37.4 Å². The van der Waals surface area contributed by atoms with Crippen LogP contribution in [-0.4, -0.2) is 25.5 Å². The van der Waals surface area contributed by atoms with Crippen LogP contribution in [0.3, 0.4) is 0 Å². The van der Waals surface area contributed by atoms with Crippen molar-refractivity contribution in [2.45, 2.75) is 13.3 Å². The Bertz CT molecular complexity index is 747. The number of halogens is 1. The van der Waals surface area contributed by atoms with E-state index in [9.17, 15) is 9.59 Å². The normalized spacial score (nSPS) is 10.0. The lowest BCUT2D eigenvalue weighted by Crippen LogP contribution is -2.43. The molecule has 0 unspecified atom stereocenters. The van der Waals surface area contributed by atoms with Crippen LogP contribution in [0.4, 0.5) is 0 Å². The van der Waals surface area contributed by atoms with Gasteiger partial charge in [0.1, 0.15) is 11.5 Å². The van der Waals surface area contributed by atoms with E-state index >= 15 is 0 Å². The molecule has 0 aliphatic carbocycles. The molecule has 2 rings (SSSR count). The van der Waals surface area contributed by atoms with Crippen LogP contribution in [0, 0.1) is 0 Å². The van der Waals surface area contributed by atoms with E-state index in [1.807, 2.05) is 12.1 Å². The first kappa shape index (κ1) is 18.8. The zero-order valence-corrected chi connectivity index (χ0v) is 15.6. The molecule has 0 radical (unpaired) electrons. The van der Waals surface area contributed by atoms with Crippen molar-refractivity contribution in [2.24, 2.45) is 0 Å². The van der Waals surface area contributed by atoms with Gasteiger partial charge in [-0.15, -0.1) is 0 Å². The number of aryl methyl sites for hydroxylation is 1.